The Hall–Kier alpha value is -1.40. The fraction of sp³-hybridized carbons (Fsp3) is 0.391. The van der Waals surface area contributed by atoms with Crippen LogP contribution < -0.4 is 5.32 Å². The largest absolute Gasteiger partial charge is 0.352 e. The van der Waals surface area contributed by atoms with Gasteiger partial charge in [-0.2, -0.15) is 0 Å². The first-order valence-corrected chi connectivity index (χ1v) is 12.2. The molecule has 0 aliphatic heterocycles. The lowest BCUT2D eigenvalue weighted by Crippen LogP contribution is -2.50. The van der Waals surface area contributed by atoms with Crippen molar-refractivity contribution in [2.45, 2.75) is 57.1 Å². The van der Waals surface area contributed by atoms with Crippen molar-refractivity contribution in [2.24, 2.45) is 0 Å². The van der Waals surface area contributed by atoms with E-state index in [1.165, 1.54) is 0 Å². The van der Waals surface area contributed by atoms with Gasteiger partial charge in [-0.25, -0.2) is 0 Å². The molecule has 0 aliphatic carbocycles. The quantitative estimate of drug-likeness (QED) is 0.380. The van der Waals surface area contributed by atoms with Crippen LogP contribution in [0.25, 0.3) is 0 Å². The summed E-state index contributed by atoms with van der Waals surface area (Å²) in [5.41, 5.74) is 0.823. The van der Waals surface area contributed by atoms with E-state index in [0.29, 0.717) is 33.7 Å². The fourth-order valence-corrected chi connectivity index (χ4v) is 4.35. The predicted molar refractivity (Wildman–Crippen MR) is 131 cm³/mol. The zero-order valence-electron chi connectivity index (χ0n) is 17.8. The van der Waals surface area contributed by atoms with Crippen molar-refractivity contribution in [2.75, 3.05) is 5.75 Å². The van der Waals surface area contributed by atoms with E-state index in [1.807, 2.05) is 51.1 Å². The van der Waals surface area contributed by atoms with Gasteiger partial charge >= 0.3 is 0 Å². The maximum Gasteiger partial charge on any atom is 0.243 e. The first-order valence-electron chi connectivity index (χ1n) is 10.1. The number of rotatable bonds is 10. The van der Waals surface area contributed by atoms with Gasteiger partial charge in [-0.15, -0.1) is 11.8 Å². The third-order valence-corrected chi connectivity index (χ3v) is 6.56. The van der Waals surface area contributed by atoms with E-state index in [-0.39, 0.29) is 24.4 Å². The van der Waals surface area contributed by atoms with Gasteiger partial charge in [-0.3, -0.25) is 9.59 Å². The van der Waals surface area contributed by atoms with Gasteiger partial charge in [0.05, 0.1) is 10.0 Å². The highest BCUT2D eigenvalue weighted by atomic mass is 35.5. The van der Waals surface area contributed by atoms with Gasteiger partial charge in [0.25, 0.3) is 0 Å². The molecule has 8 heteroatoms. The van der Waals surface area contributed by atoms with Crippen LogP contribution in [-0.4, -0.2) is 34.6 Å². The number of benzene rings is 2. The molecule has 1 N–H and O–H groups in total. The Balaban J connectivity index is 2.15. The van der Waals surface area contributed by atoms with Crippen molar-refractivity contribution in [1.29, 1.82) is 0 Å². The minimum Gasteiger partial charge on any atom is -0.352 e. The Morgan fingerprint density at radius 1 is 1.03 bits per heavy atom. The Morgan fingerprint density at radius 3 is 2.29 bits per heavy atom. The summed E-state index contributed by atoms with van der Waals surface area (Å²) in [5.74, 6) is 0.357. The number of amides is 2. The molecule has 0 fully saturated rings. The van der Waals surface area contributed by atoms with E-state index in [4.69, 9.17) is 34.8 Å². The summed E-state index contributed by atoms with van der Waals surface area (Å²) in [6.45, 7) is 5.99. The molecular weight excluding hydrogens is 475 g/mol. The lowest BCUT2D eigenvalue weighted by atomic mass is 10.1. The average molecular weight is 502 g/mol. The second kappa shape index (κ2) is 12.6. The number of halogens is 3. The Kier molecular flexibility index (Phi) is 10.5. The Bertz CT molecular complexity index is 891. The molecule has 2 aromatic rings. The first kappa shape index (κ1) is 25.9. The van der Waals surface area contributed by atoms with Crippen LogP contribution in [0.15, 0.2) is 47.4 Å². The molecule has 1 atom stereocenters. The third kappa shape index (κ3) is 8.23. The van der Waals surface area contributed by atoms with Crippen LogP contribution in [-0.2, 0) is 16.1 Å². The molecule has 31 heavy (non-hydrogen) atoms. The van der Waals surface area contributed by atoms with Crippen molar-refractivity contribution >= 4 is 58.4 Å². The zero-order valence-corrected chi connectivity index (χ0v) is 20.9. The number of thioether (sulfide) groups is 1. The van der Waals surface area contributed by atoms with Crippen LogP contribution >= 0.6 is 46.6 Å². The van der Waals surface area contributed by atoms with E-state index in [2.05, 4.69) is 5.32 Å². The average Bonchev–Trinajstić information content (AvgIpc) is 2.71. The van der Waals surface area contributed by atoms with Crippen LogP contribution in [0.3, 0.4) is 0 Å². The molecular formula is C23H27Cl3N2O2S. The predicted octanol–water partition coefficient (Wildman–Crippen LogP) is 6.46. The molecule has 0 aliphatic rings. The molecule has 2 aromatic carbocycles. The minimum absolute atomic E-state index is 0.0102. The minimum atomic E-state index is -0.565. The highest BCUT2D eigenvalue weighted by Gasteiger charge is 2.28. The van der Waals surface area contributed by atoms with Gasteiger partial charge < -0.3 is 10.2 Å². The summed E-state index contributed by atoms with van der Waals surface area (Å²) < 4.78 is 0. The smallest absolute Gasteiger partial charge is 0.243 e. The van der Waals surface area contributed by atoms with E-state index < -0.39 is 6.04 Å². The van der Waals surface area contributed by atoms with Crippen LogP contribution in [0.4, 0.5) is 0 Å². The van der Waals surface area contributed by atoms with Crippen LogP contribution in [0.5, 0.6) is 0 Å². The topological polar surface area (TPSA) is 49.4 Å². The molecule has 0 heterocycles. The Morgan fingerprint density at radius 2 is 1.71 bits per heavy atom. The number of carbonyl (C=O) groups excluding carboxylic acids is 2. The van der Waals surface area contributed by atoms with Crippen molar-refractivity contribution in [3.05, 3.63) is 63.1 Å². The van der Waals surface area contributed by atoms with Crippen molar-refractivity contribution in [3.63, 3.8) is 0 Å². The summed E-state index contributed by atoms with van der Waals surface area (Å²) in [7, 11) is 0. The zero-order chi connectivity index (χ0) is 23.0. The molecule has 4 nitrogen and oxygen atoms in total. The highest BCUT2D eigenvalue weighted by molar-refractivity contribution is 7.99. The van der Waals surface area contributed by atoms with Gasteiger partial charge in [0.2, 0.25) is 11.8 Å². The summed E-state index contributed by atoms with van der Waals surface area (Å²) in [4.78, 5) is 28.7. The molecule has 0 unspecified atom stereocenters. The number of nitrogens with one attached hydrogen (secondary N) is 1. The van der Waals surface area contributed by atoms with Crippen LogP contribution in [0.2, 0.25) is 15.1 Å². The number of hydrogen-bond donors (Lipinski definition) is 1. The number of carbonyl (C=O) groups is 2. The molecule has 168 valence electrons. The second-order valence-corrected chi connectivity index (χ2v) is 9.83. The summed E-state index contributed by atoms with van der Waals surface area (Å²) in [5, 5.41) is 4.47. The summed E-state index contributed by atoms with van der Waals surface area (Å²) in [6.07, 6.45) is 0.815. The molecule has 2 rings (SSSR count). The van der Waals surface area contributed by atoms with Crippen LogP contribution in [0.1, 0.15) is 39.2 Å². The van der Waals surface area contributed by atoms with Gasteiger partial charge in [-0.1, -0.05) is 47.8 Å². The van der Waals surface area contributed by atoms with Gasteiger partial charge in [0.1, 0.15) is 6.04 Å². The monoisotopic (exact) mass is 500 g/mol. The summed E-state index contributed by atoms with van der Waals surface area (Å²) in [6, 6.07) is 12.2. The maximum atomic E-state index is 13.2. The standard InChI is InChI=1S/C23H27Cl3N2O2S/c1-4-21(23(30)27-15(2)3)28(14-16-5-10-19(25)20(26)13-16)22(29)11-12-31-18-8-6-17(24)7-9-18/h5-10,13,15,21H,4,11-12,14H2,1-3H3,(H,27,30)/t21-/m0/s1. The van der Waals surface area contributed by atoms with E-state index in [0.717, 1.165) is 10.5 Å². The lowest BCUT2D eigenvalue weighted by molar-refractivity contribution is -0.141. The van der Waals surface area contributed by atoms with Crippen molar-refractivity contribution in [1.82, 2.24) is 10.2 Å². The number of hydrogen-bond acceptors (Lipinski definition) is 3. The molecule has 0 aromatic heterocycles. The maximum absolute atomic E-state index is 13.2. The molecule has 0 radical (unpaired) electrons. The second-order valence-electron chi connectivity index (χ2n) is 7.41. The number of nitrogens with zero attached hydrogens (tertiary/aromatic N) is 1. The molecule has 2 amide bonds. The SMILES string of the molecule is CC[C@@H](C(=O)NC(C)C)N(Cc1ccc(Cl)c(Cl)c1)C(=O)CCSc1ccc(Cl)cc1. The van der Waals surface area contributed by atoms with Gasteiger partial charge in [0.15, 0.2) is 0 Å². The van der Waals surface area contributed by atoms with E-state index in [9.17, 15) is 9.59 Å². The van der Waals surface area contributed by atoms with Crippen molar-refractivity contribution in [3.8, 4) is 0 Å². The normalized spacial score (nSPS) is 12.0. The fourth-order valence-electron chi connectivity index (χ4n) is 3.07. The van der Waals surface area contributed by atoms with E-state index >= 15 is 0 Å². The summed E-state index contributed by atoms with van der Waals surface area (Å²) >= 11 is 19.7. The lowest BCUT2D eigenvalue weighted by Gasteiger charge is -2.31. The molecule has 0 saturated carbocycles. The molecule has 0 saturated heterocycles. The Labute approximate surface area is 203 Å². The van der Waals surface area contributed by atoms with E-state index in [1.54, 1.807) is 28.8 Å². The van der Waals surface area contributed by atoms with Crippen molar-refractivity contribution < 1.29 is 9.59 Å². The third-order valence-electron chi connectivity index (χ3n) is 4.55. The van der Waals surface area contributed by atoms with Gasteiger partial charge in [0, 0.05) is 34.7 Å². The van der Waals surface area contributed by atoms with Crippen LogP contribution in [0, 0.1) is 0 Å². The molecule has 0 bridgehead atoms. The van der Waals surface area contributed by atoms with Gasteiger partial charge in [-0.05, 0) is 62.2 Å². The first-order chi connectivity index (χ1) is 14.7. The molecule has 0 spiro atoms. The highest BCUT2D eigenvalue weighted by Crippen LogP contribution is 2.25.